The summed E-state index contributed by atoms with van der Waals surface area (Å²) in [6.45, 7) is 6.23. The molecule has 20 heavy (non-hydrogen) atoms. The van der Waals surface area contributed by atoms with Gasteiger partial charge in [0.1, 0.15) is 17.2 Å². The van der Waals surface area contributed by atoms with Crippen molar-refractivity contribution in [3.8, 4) is 5.75 Å². The number of nitrogens with one attached hydrogen (secondary N) is 1. The van der Waals surface area contributed by atoms with Crippen LogP contribution >= 0.6 is 15.9 Å². The van der Waals surface area contributed by atoms with Crippen LogP contribution in [0.2, 0.25) is 0 Å². The van der Waals surface area contributed by atoms with Crippen LogP contribution in [0.4, 0.5) is 9.18 Å². The van der Waals surface area contributed by atoms with Gasteiger partial charge in [0.2, 0.25) is 0 Å². The standard InChI is InChI=1S/C14H19BrFNO3/c1-14(2,3)20-13(18)17-7-4-8-19-10-5-6-11(15)12(16)9-10/h5-6,9H,4,7-8H2,1-3H3,(H,17,18). The van der Waals surface area contributed by atoms with Crippen molar-refractivity contribution in [1.82, 2.24) is 5.32 Å². The number of halogens is 2. The van der Waals surface area contributed by atoms with Gasteiger partial charge < -0.3 is 14.8 Å². The van der Waals surface area contributed by atoms with Crippen molar-refractivity contribution in [1.29, 1.82) is 0 Å². The molecule has 0 aromatic heterocycles. The molecule has 0 heterocycles. The smallest absolute Gasteiger partial charge is 0.407 e. The van der Waals surface area contributed by atoms with Gasteiger partial charge in [-0.2, -0.15) is 0 Å². The molecule has 0 spiro atoms. The Balaban J connectivity index is 2.19. The average Bonchev–Trinajstić information content (AvgIpc) is 2.31. The van der Waals surface area contributed by atoms with E-state index in [1.807, 2.05) is 0 Å². The summed E-state index contributed by atoms with van der Waals surface area (Å²) in [6, 6.07) is 4.57. The van der Waals surface area contributed by atoms with Crippen LogP contribution in [0.1, 0.15) is 27.2 Å². The van der Waals surface area contributed by atoms with Gasteiger partial charge in [0.05, 0.1) is 11.1 Å². The third-order valence-corrected chi connectivity index (χ3v) is 2.79. The summed E-state index contributed by atoms with van der Waals surface area (Å²) >= 11 is 3.07. The monoisotopic (exact) mass is 347 g/mol. The minimum atomic E-state index is -0.504. The summed E-state index contributed by atoms with van der Waals surface area (Å²) in [4.78, 5) is 11.3. The Labute approximate surface area is 126 Å². The maximum absolute atomic E-state index is 13.2. The number of ether oxygens (including phenoxy) is 2. The van der Waals surface area contributed by atoms with Crippen LogP contribution in [0.25, 0.3) is 0 Å². The van der Waals surface area contributed by atoms with Crippen molar-refractivity contribution in [3.63, 3.8) is 0 Å². The minimum absolute atomic E-state index is 0.366. The van der Waals surface area contributed by atoms with E-state index < -0.39 is 11.7 Å². The molecular formula is C14H19BrFNO3. The fourth-order valence-electron chi connectivity index (χ4n) is 1.33. The zero-order valence-corrected chi connectivity index (χ0v) is 13.4. The van der Waals surface area contributed by atoms with Gasteiger partial charge in [-0.25, -0.2) is 9.18 Å². The highest BCUT2D eigenvalue weighted by Crippen LogP contribution is 2.20. The summed E-state index contributed by atoms with van der Waals surface area (Å²) in [5.41, 5.74) is -0.504. The molecule has 6 heteroatoms. The van der Waals surface area contributed by atoms with Crippen molar-refractivity contribution >= 4 is 22.0 Å². The van der Waals surface area contributed by atoms with Crippen LogP contribution in [0, 0.1) is 5.82 Å². The second-order valence-electron chi connectivity index (χ2n) is 5.21. The summed E-state index contributed by atoms with van der Waals surface area (Å²) in [5, 5.41) is 2.62. The lowest BCUT2D eigenvalue weighted by molar-refractivity contribution is 0.0525. The second kappa shape index (κ2) is 7.47. The molecule has 1 aromatic carbocycles. The van der Waals surface area contributed by atoms with Crippen LogP contribution in [0.3, 0.4) is 0 Å². The molecule has 0 bridgehead atoms. The van der Waals surface area contributed by atoms with Crippen LogP contribution < -0.4 is 10.1 Å². The maximum Gasteiger partial charge on any atom is 0.407 e. The number of carbonyl (C=O) groups excluding carboxylic acids is 1. The Hall–Kier alpha value is -1.30. The molecule has 0 aliphatic rings. The number of hydrogen-bond acceptors (Lipinski definition) is 3. The van der Waals surface area contributed by atoms with E-state index in [0.29, 0.717) is 29.8 Å². The zero-order chi connectivity index (χ0) is 15.2. The number of rotatable bonds is 5. The quantitative estimate of drug-likeness (QED) is 0.822. The molecule has 4 nitrogen and oxygen atoms in total. The molecule has 1 N–H and O–H groups in total. The molecule has 1 rings (SSSR count). The first-order valence-corrected chi connectivity index (χ1v) is 7.12. The Kier molecular flexibility index (Phi) is 6.26. The maximum atomic E-state index is 13.2. The topological polar surface area (TPSA) is 47.6 Å². The molecule has 0 saturated heterocycles. The van der Waals surface area contributed by atoms with E-state index in [0.717, 1.165) is 0 Å². The number of benzene rings is 1. The molecule has 0 radical (unpaired) electrons. The Morgan fingerprint density at radius 2 is 2.10 bits per heavy atom. The number of alkyl carbamates (subject to hydrolysis) is 1. The summed E-state index contributed by atoms with van der Waals surface area (Å²) in [7, 11) is 0. The van der Waals surface area contributed by atoms with Gasteiger partial charge in [-0.1, -0.05) is 0 Å². The van der Waals surface area contributed by atoms with Gasteiger partial charge in [-0.3, -0.25) is 0 Å². The van der Waals surface area contributed by atoms with Crippen molar-refractivity contribution in [2.24, 2.45) is 0 Å². The summed E-state index contributed by atoms with van der Waals surface area (Å²) in [6.07, 6.45) is 0.156. The fraction of sp³-hybridized carbons (Fsp3) is 0.500. The Bertz CT molecular complexity index is 460. The molecule has 0 saturated carbocycles. The first kappa shape index (κ1) is 16.8. The molecule has 0 atom stereocenters. The molecule has 0 aliphatic carbocycles. The lowest BCUT2D eigenvalue weighted by atomic mass is 10.2. The van der Waals surface area contributed by atoms with Gasteiger partial charge in [0.15, 0.2) is 0 Å². The molecule has 1 aromatic rings. The van der Waals surface area contributed by atoms with E-state index in [-0.39, 0.29) is 5.82 Å². The highest BCUT2D eigenvalue weighted by molar-refractivity contribution is 9.10. The van der Waals surface area contributed by atoms with E-state index >= 15 is 0 Å². The van der Waals surface area contributed by atoms with Crippen molar-refractivity contribution < 1.29 is 18.7 Å². The van der Waals surface area contributed by atoms with Crippen LogP contribution in [-0.2, 0) is 4.74 Å². The molecule has 112 valence electrons. The average molecular weight is 348 g/mol. The minimum Gasteiger partial charge on any atom is -0.493 e. The first-order chi connectivity index (χ1) is 9.28. The Morgan fingerprint density at radius 1 is 1.40 bits per heavy atom. The fourth-order valence-corrected chi connectivity index (χ4v) is 1.58. The van der Waals surface area contributed by atoms with Crippen LogP contribution in [0.15, 0.2) is 22.7 Å². The predicted molar refractivity (Wildman–Crippen MR) is 78.4 cm³/mol. The molecule has 1 amide bonds. The van der Waals surface area contributed by atoms with Crippen molar-refractivity contribution in [2.45, 2.75) is 32.8 Å². The van der Waals surface area contributed by atoms with Gasteiger partial charge in [-0.15, -0.1) is 0 Å². The SMILES string of the molecule is CC(C)(C)OC(=O)NCCCOc1ccc(Br)c(F)c1. The summed E-state index contributed by atoms with van der Waals surface area (Å²) < 4.78 is 24.1. The summed E-state index contributed by atoms with van der Waals surface area (Å²) in [5.74, 6) is 0.0948. The van der Waals surface area contributed by atoms with E-state index in [9.17, 15) is 9.18 Å². The predicted octanol–water partition coefficient (Wildman–Crippen LogP) is 3.88. The van der Waals surface area contributed by atoms with Gasteiger partial charge >= 0.3 is 6.09 Å². The molecule has 0 unspecified atom stereocenters. The van der Waals surface area contributed by atoms with E-state index in [1.54, 1.807) is 32.9 Å². The molecule has 0 aliphatic heterocycles. The van der Waals surface area contributed by atoms with E-state index in [1.165, 1.54) is 6.07 Å². The van der Waals surface area contributed by atoms with Gasteiger partial charge in [0.25, 0.3) is 0 Å². The lowest BCUT2D eigenvalue weighted by Crippen LogP contribution is -2.33. The van der Waals surface area contributed by atoms with Gasteiger partial charge in [-0.05, 0) is 55.3 Å². The normalized spacial score (nSPS) is 11.1. The van der Waals surface area contributed by atoms with E-state index in [4.69, 9.17) is 9.47 Å². The third-order valence-electron chi connectivity index (χ3n) is 2.15. The first-order valence-electron chi connectivity index (χ1n) is 6.32. The molecular weight excluding hydrogens is 329 g/mol. The highest BCUT2D eigenvalue weighted by atomic mass is 79.9. The van der Waals surface area contributed by atoms with Gasteiger partial charge in [0, 0.05) is 12.6 Å². The third kappa shape index (κ3) is 6.75. The lowest BCUT2D eigenvalue weighted by Gasteiger charge is -2.19. The zero-order valence-electron chi connectivity index (χ0n) is 11.8. The molecule has 0 fully saturated rings. The van der Waals surface area contributed by atoms with E-state index in [2.05, 4.69) is 21.2 Å². The largest absolute Gasteiger partial charge is 0.493 e. The van der Waals surface area contributed by atoms with Crippen LogP contribution in [0.5, 0.6) is 5.75 Å². The number of carbonyl (C=O) groups is 1. The second-order valence-corrected chi connectivity index (χ2v) is 6.06. The van der Waals surface area contributed by atoms with Crippen molar-refractivity contribution in [3.05, 3.63) is 28.5 Å². The van der Waals surface area contributed by atoms with Crippen LogP contribution in [-0.4, -0.2) is 24.8 Å². The highest BCUT2D eigenvalue weighted by Gasteiger charge is 2.15. The number of hydrogen-bond donors (Lipinski definition) is 1. The number of amides is 1. The Morgan fingerprint density at radius 3 is 2.70 bits per heavy atom. The van der Waals surface area contributed by atoms with Crippen molar-refractivity contribution in [2.75, 3.05) is 13.2 Å².